The fourth-order valence-electron chi connectivity index (χ4n) is 4.22. The van der Waals surface area contributed by atoms with E-state index >= 15 is 0 Å². The maximum absolute atomic E-state index is 13.9. The Labute approximate surface area is 226 Å². The van der Waals surface area contributed by atoms with Crippen LogP contribution in [0.3, 0.4) is 0 Å². The third-order valence-electron chi connectivity index (χ3n) is 6.28. The van der Waals surface area contributed by atoms with Crippen LogP contribution in [0.1, 0.15) is 28.8 Å². The summed E-state index contributed by atoms with van der Waals surface area (Å²) in [5, 5.41) is 4.85. The van der Waals surface area contributed by atoms with Crippen LogP contribution in [0.2, 0.25) is 25.7 Å². The molecule has 0 fully saturated rings. The highest BCUT2D eigenvalue weighted by molar-refractivity contribution is 9.09. The number of anilines is 1. The molecule has 0 N–H and O–H groups in total. The molecule has 0 saturated heterocycles. The molecule has 0 spiro atoms. The number of benzene rings is 1. The summed E-state index contributed by atoms with van der Waals surface area (Å²) >= 11 is 5.01. The number of rotatable bonds is 11. The number of thiophene rings is 1. The Morgan fingerprint density at radius 1 is 1.17 bits per heavy atom. The third-order valence-corrected chi connectivity index (χ3v) is 9.23. The molecular formula is C26H33BrN2O5SSi. The second-order valence-electron chi connectivity index (χ2n) is 10.1. The molecule has 10 heteroatoms. The Bertz CT molecular complexity index is 1130. The summed E-state index contributed by atoms with van der Waals surface area (Å²) in [6.07, 6.45) is 3.10. The first-order valence-electron chi connectivity index (χ1n) is 12.1. The van der Waals surface area contributed by atoms with E-state index in [-0.39, 0.29) is 18.5 Å². The Morgan fingerprint density at radius 2 is 1.97 bits per heavy atom. The lowest BCUT2D eigenvalue weighted by atomic mass is 10.0. The van der Waals surface area contributed by atoms with Crippen LogP contribution in [0.5, 0.6) is 11.5 Å². The van der Waals surface area contributed by atoms with Crippen LogP contribution in [0.15, 0.2) is 35.2 Å². The average Bonchev–Trinajstić information content (AvgIpc) is 3.51. The van der Waals surface area contributed by atoms with Crippen molar-refractivity contribution in [3.8, 4) is 11.5 Å². The van der Waals surface area contributed by atoms with Gasteiger partial charge in [0.25, 0.3) is 11.8 Å². The van der Waals surface area contributed by atoms with Gasteiger partial charge in [0.15, 0.2) is 11.5 Å². The monoisotopic (exact) mass is 592 g/mol. The zero-order chi connectivity index (χ0) is 25.9. The van der Waals surface area contributed by atoms with Gasteiger partial charge in [0.1, 0.15) is 12.8 Å². The first-order valence-corrected chi connectivity index (χ1v) is 17.9. The molecule has 0 aliphatic carbocycles. The van der Waals surface area contributed by atoms with Gasteiger partial charge in [0.2, 0.25) is 0 Å². The van der Waals surface area contributed by atoms with E-state index in [9.17, 15) is 9.59 Å². The zero-order valence-electron chi connectivity index (χ0n) is 21.2. The van der Waals surface area contributed by atoms with Gasteiger partial charge in [-0.3, -0.25) is 14.5 Å². The molecule has 36 heavy (non-hydrogen) atoms. The Hall–Kier alpha value is -2.14. The van der Waals surface area contributed by atoms with Crippen molar-refractivity contribution in [1.29, 1.82) is 0 Å². The van der Waals surface area contributed by atoms with Crippen molar-refractivity contribution in [2.75, 3.05) is 37.3 Å². The first kappa shape index (κ1) is 26.9. The van der Waals surface area contributed by atoms with E-state index in [4.69, 9.17) is 14.2 Å². The number of methoxy groups -OCH3 is 1. The lowest BCUT2D eigenvalue weighted by Gasteiger charge is -2.26. The molecule has 1 aromatic heterocycles. The van der Waals surface area contributed by atoms with E-state index in [0.29, 0.717) is 42.4 Å². The minimum Gasteiger partial charge on any atom is -0.493 e. The summed E-state index contributed by atoms with van der Waals surface area (Å²) in [5.74, 6) is 0.571. The van der Waals surface area contributed by atoms with Crippen molar-refractivity contribution in [3.63, 3.8) is 0 Å². The van der Waals surface area contributed by atoms with Gasteiger partial charge in [-0.15, -0.1) is 0 Å². The number of carbonyl (C=O) groups is 2. The van der Waals surface area contributed by atoms with Crippen LogP contribution in [0.4, 0.5) is 5.69 Å². The van der Waals surface area contributed by atoms with Crippen LogP contribution in [0, 0.1) is 0 Å². The third kappa shape index (κ3) is 5.87. The number of hydrogen-bond donors (Lipinski definition) is 0. The molecule has 0 bridgehead atoms. The molecule has 3 heterocycles. The zero-order valence-corrected chi connectivity index (χ0v) is 24.6. The SMILES string of the molecule is COc1cc2c(cc1OCCCBr)N(COCC[Si](C)(C)C)C(=O)[C@@H]1CC(c3ccsc3)=CN1C2=O. The van der Waals surface area contributed by atoms with Crippen LogP contribution in [-0.2, 0) is 9.53 Å². The summed E-state index contributed by atoms with van der Waals surface area (Å²) in [7, 11) is 0.258. The fraction of sp³-hybridized carbons (Fsp3) is 0.462. The lowest BCUT2D eigenvalue weighted by Crippen LogP contribution is -2.45. The summed E-state index contributed by atoms with van der Waals surface area (Å²) in [4.78, 5) is 30.9. The van der Waals surface area contributed by atoms with Gasteiger partial charge in [-0.25, -0.2) is 0 Å². The van der Waals surface area contributed by atoms with E-state index in [1.165, 1.54) is 0 Å². The minimum atomic E-state index is -1.29. The molecule has 2 aromatic rings. The second-order valence-corrected chi connectivity index (χ2v) is 17.3. The molecule has 1 atom stereocenters. The molecule has 2 aliphatic heterocycles. The second kappa shape index (κ2) is 11.5. The van der Waals surface area contributed by atoms with Crippen LogP contribution >= 0.6 is 27.3 Å². The smallest absolute Gasteiger partial charge is 0.260 e. The molecule has 194 valence electrons. The van der Waals surface area contributed by atoms with E-state index in [0.717, 1.165) is 28.9 Å². The van der Waals surface area contributed by atoms with Gasteiger partial charge >= 0.3 is 0 Å². The molecule has 2 amide bonds. The van der Waals surface area contributed by atoms with Crippen LogP contribution in [0.25, 0.3) is 5.57 Å². The minimum absolute atomic E-state index is 0.0783. The molecule has 7 nitrogen and oxygen atoms in total. The van der Waals surface area contributed by atoms with Gasteiger partial charge in [-0.2, -0.15) is 11.3 Å². The van der Waals surface area contributed by atoms with Gasteiger partial charge in [-0.1, -0.05) is 35.6 Å². The normalized spacial score (nSPS) is 17.6. The summed E-state index contributed by atoms with van der Waals surface area (Å²) in [6.45, 7) is 8.00. The van der Waals surface area contributed by atoms with Crippen molar-refractivity contribution < 1.29 is 23.8 Å². The number of fused-ring (bicyclic) bond motifs is 2. The van der Waals surface area contributed by atoms with Crippen molar-refractivity contribution in [2.24, 2.45) is 0 Å². The predicted octanol–water partition coefficient (Wildman–Crippen LogP) is 5.84. The van der Waals surface area contributed by atoms with Crippen molar-refractivity contribution in [1.82, 2.24) is 4.90 Å². The Morgan fingerprint density at radius 3 is 2.64 bits per heavy atom. The average molecular weight is 594 g/mol. The highest BCUT2D eigenvalue weighted by Crippen LogP contribution is 2.42. The van der Waals surface area contributed by atoms with Crippen LogP contribution in [-0.4, -0.2) is 63.2 Å². The molecule has 0 unspecified atom stereocenters. The number of amides is 2. The van der Waals surface area contributed by atoms with Crippen molar-refractivity contribution >= 4 is 58.4 Å². The molecular weight excluding hydrogens is 560 g/mol. The number of alkyl halides is 1. The van der Waals surface area contributed by atoms with Crippen LogP contribution < -0.4 is 14.4 Å². The lowest BCUT2D eigenvalue weighted by molar-refractivity contribution is -0.122. The Kier molecular flexibility index (Phi) is 8.59. The first-order chi connectivity index (χ1) is 17.2. The van der Waals surface area contributed by atoms with E-state index in [1.54, 1.807) is 40.4 Å². The summed E-state index contributed by atoms with van der Waals surface area (Å²) in [5.41, 5.74) is 2.91. The van der Waals surface area contributed by atoms with Gasteiger partial charge < -0.3 is 19.1 Å². The molecule has 4 rings (SSSR count). The summed E-state index contributed by atoms with van der Waals surface area (Å²) < 4.78 is 17.6. The Balaban J connectivity index is 1.71. The summed E-state index contributed by atoms with van der Waals surface area (Å²) in [6, 6.07) is 5.81. The topological polar surface area (TPSA) is 68.3 Å². The maximum Gasteiger partial charge on any atom is 0.260 e. The van der Waals surface area contributed by atoms with E-state index in [1.807, 2.05) is 23.0 Å². The molecule has 1 aromatic carbocycles. The van der Waals surface area contributed by atoms with Gasteiger partial charge in [-0.05, 0) is 46.5 Å². The standard InChI is InChI=1S/C26H33BrN2O5SSi/c1-32-23-13-20-21(14-24(23)34-8-5-7-27)29(17-33-9-11-36(2,3)4)26(31)22-12-19(15-28(22)25(20)30)18-6-10-35-16-18/h6,10,13-16,22H,5,7-9,11-12,17H2,1-4H3/t22-/m0/s1. The predicted molar refractivity (Wildman–Crippen MR) is 150 cm³/mol. The molecule has 0 saturated carbocycles. The number of ether oxygens (including phenoxy) is 3. The van der Waals surface area contributed by atoms with Crippen molar-refractivity contribution in [3.05, 3.63) is 46.3 Å². The number of nitrogens with zero attached hydrogens (tertiary/aromatic N) is 2. The number of hydrogen-bond acceptors (Lipinski definition) is 6. The number of halogens is 1. The van der Waals surface area contributed by atoms with Crippen molar-refractivity contribution in [2.45, 2.75) is 44.6 Å². The molecule has 2 aliphatic rings. The van der Waals surface area contributed by atoms with E-state index < -0.39 is 14.1 Å². The molecule has 0 radical (unpaired) electrons. The number of carbonyl (C=O) groups excluding carboxylic acids is 2. The maximum atomic E-state index is 13.9. The highest BCUT2D eigenvalue weighted by atomic mass is 79.9. The fourth-order valence-corrected chi connectivity index (χ4v) is 5.89. The van der Waals surface area contributed by atoms with Gasteiger partial charge in [0, 0.05) is 38.7 Å². The van der Waals surface area contributed by atoms with Gasteiger partial charge in [0.05, 0.1) is 25.0 Å². The quantitative estimate of drug-likeness (QED) is 0.186. The largest absolute Gasteiger partial charge is 0.493 e. The van der Waals surface area contributed by atoms with E-state index in [2.05, 4.69) is 35.6 Å². The highest BCUT2D eigenvalue weighted by Gasteiger charge is 2.43.